The minimum atomic E-state index is 0.648. The number of fused-ring (bicyclic) bond motifs is 1. The number of aryl methyl sites for hydroxylation is 2. The summed E-state index contributed by atoms with van der Waals surface area (Å²) in [5, 5.41) is 11.9. The molecule has 0 atom stereocenters. The number of unbranched alkanes of at least 4 members (excludes halogenated alkanes) is 2. The number of aromatic amines is 1. The van der Waals surface area contributed by atoms with Crippen molar-refractivity contribution in [1.82, 2.24) is 29.8 Å². The monoisotopic (exact) mass is 375 g/mol. The molecule has 0 aliphatic heterocycles. The highest BCUT2D eigenvalue weighted by Gasteiger charge is 2.10. The van der Waals surface area contributed by atoms with Crippen LogP contribution in [0.1, 0.15) is 30.7 Å². The molecule has 7 nitrogen and oxygen atoms in total. The Morgan fingerprint density at radius 2 is 1.93 bits per heavy atom. The van der Waals surface area contributed by atoms with Crippen LogP contribution in [0.5, 0.6) is 0 Å². The van der Waals surface area contributed by atoms with Crippen molar-refractivity contribution in [2.24, 2.45) is 0 Å². The Balaban J connectivity index is 1.26. The fraction of sp³-hybridized carbons (Fsp3) is 0.333. The number of aromatic nitrogens is 6. The van der Waals surface area contributed by atoms with E-state index in [1.54, 1.807) is 10.8 Å². The largest absolute Gasteiger partial charge is 0.359 e. The van der Waals surface area contributed by atoms with Crippen molar-refractivity contribution in [2.45, 2.75) is 32.6 Å². The van der Waals surface area contributed by atoms with Gasteiger partial charge < -0.3 is 4.90 Å². The quantitative estimate of drug-likeness (QED) is 0.476. The summed E-state index contributed by atoms with van der Waals surface area (Å²) in [6.07, 6.45) is 5.99. The fourth-order valence-electron chi connectivity index (χ4n) is 3.39. The van der Waals surface area contributed by atoms with Crippen molar-refractivity contribution in [3.8, 4) is 11.3 Å². The molecular formula is C21H25N7. The van der Waals surface area contributed by atoms with Crippen LogP contribution < -0.4 is 4.90 Å². The third-order valence-electron chi connectivity index (χ3n) is 4.89. The predicted octanol–water partition coefficient (Wildman–Crippen LogP) is 3.67. The van der Waals surface area contributed by atoms with E-state index in [-0.39, 0.29) is 0 Å². The van der Waals surface area contributed by atoms with Gasteiger partial charge in [-0.1, -0.05) is 36.8 Å². The first kappa shape index (κ1) is 18.2. The second kappa shape index (κ2) is 8.21. The molecule has 0 aliphatic rings. The number of nitrogens with one attached hydrogen (secondary N) is 1. The standard InChI is InChI=1S/C21H25N7/c1-16-13-20(28-21(24-16)22-15-23-28)27(2)12-8-4-7-11-18-14-19(26-25-18)17-9-5-3-6-10-17/h3,5-6,9-10,13-15H,4,7-8,11-12H2,1-2H3,(H,25,26). The zero-order valence-electron chi connectivity index (χ0n) is 16.3. The zero-order chi connectivity index (χ0) is 19.3. The molecular weight excluding hydrogens is 350 g/mol. The average molecular weight is 375 g/mol. The SMILES string of the molecule is Cc1cc(N(C)CCCCCc2cc(-c3ccccc3)n[nH]2)n2ncnc2n1. The molecule has 1 aromatic carbocycles. The number of rotatable bonds is 8. The molecule has 0 saturated heterocycles. The first-order valence-electron chi connectivity index (χ1n) is 9.69. The van der Waals surface area contributed by atoms with Crippen LogP contribution in [0.3, 0.4) is 0 Å². The van der Waals surface area contributed by atoms with Gasteiger partial charge >= 0.3 is 0 Å². The van der Waals surface area contributed by atoms with Crippen molar-refractivity contribution in [3.05, 3.63) is 60.2 Å². The minimum Gasteiger partial charge on any atom is -0.359 e. The fourth-order valence-corrected chi connectivity index (χ4v) is 3.39. The van der Waals surface area contributed by atoms with Crippen LogP contribution in [-0.2, 0) is 6.42 Å². The van der Waals surface area contributed by atoms with Gasteiger partial charge in [0.1, 0.15) is 12.1 Å². The van der Waals surface area contributed by atoms with Crippen LogP contribution in [0.4, 0.5) is 5.82 Å². The minimum absolute atomic E-state index is 0.648. The Labute approximate surface area is 164 Å². The van der Waals surface area contributed by atoms with E-state index in [2.05, 4.69) is 61.5 Å². The van der Waals surface area contributed by atoms with Gasteiger partial charge in [0.2, 0.25) is 0 Å². The van der Waals surface area contributed by atoms with E-state index < -0.39 is 0 Å². The van der Waals surface area contributed by atoms with Crippen LogP contribution in [0.15, 0.2) is 48.8 Å². The molecule has 1 N–H and O–H groups in total. The summed E-state index contributed by atoms with van der Waals surface area (Å²) in [6.45, 7) is 2.96. The Morgan fingerprint density at radius 3 is 2.79 bits per heavy atom. The van der Waals surface area contributed by atoms with Gasteiger partial charge in [0.15, 0.2) is 0 Å². The summed E-state index contributed by atoms with van der Waals surface area (Å²) >= 11 is 0. The molecule has 0 fully saturated rings. The number of nitrogens with zero attached hydrogens (tertiary/aromatic N) is 6. The molecule has 0 unspecified atom stereocenters. The van der Waals surface area contributed by atoms with E-state index >= 15 is 0 Å². The van der Waals surface area contributed by atoms with Crippen molar-refractivity contribution in [1.29, 1.82) is 0 Å². The molecule has 0 saturated carbocycles. The molecule has 28 heavy (non-hydrogen) atoms. The summed E-state index contributed by atoms with van der Waals surface area (Å²) in [5.74, 6) is 1.68. The van der Waals surface area contributed by atoms with Crippen molar-refractivity contribution in [2.75, 3.05) is 18.5 Å². The highest BCUT2D eigenvalue weighted by Crippen LogP contribution is 2.18. The van der Waals surface area contributed by atoms with Gasteiger partial charge in [0.25, 0.3) is 5.78 Å². The van der Waals surface area contributed by atoms with E-state index in [0.717, 1.165) is 55.0 Å². The van der Waals surface area contributed by atoms with Crippen LogP contribution in [0.2, 0.25) is 0 Å². The first-order chi connectivity index (χ1) is 13.7. The summed E-state index contributed by atoms with van der Waals surface area (Å²) in [7, 11) is 2.09. The lowest BCUT2D eigenvalue weighted by molar-refractivity contribution is 0.658. The first-order valence-corrected chi connectivity index (χ1v) is 9.69. The summed E-state index contributed by atoms with van der Waals surface area (Å²) in [5.41, 5.74) is 4.32. The summed E-state index contributed by atoms with van der Waals surface area (Å²) in [4.78, 5) is 10.8. The maximum atomic E-state index is 4.43. The lowest BCUT2D eigenvalue weighted by atomic mass is 10.1. The predicted molar refractivity (Wildman–Crippen MR) is 110 cm³/mol. The third-order valence-corrected chi connectivity index (χ3v) is 4.89. The van der Waals surface area contributed by atoms with E-state index in [1.807, 2.05) is 25.1 Å². The maximum absolute atomic E-state index is 4.43. The number of anilines is 1. The highest BCUT2D eigenvalue weighted by molar-refractivity contribution is 5.58. The molecule has 144 valence electrons. The molecule has 0 spiro atoms. The Hall–Kier alpha value is -3.22. The van der Waals surface area contributed by atoms with Gasteiger partial charge in [-0.15, -0.1) is 0 Å². The van der Waals surface area contributed by atoms with E-state index in [4.69, 9.17) is 0 Å². The Kier molecular flexibility index (Phi) is 5.32. The lowest BCUT2D eigenvalue weighted by Gasteiger charge is -2.19. The Morgan fingerprint density at radius 1 is 1.07 bits per heavy atom. The lowest BCUT2D eigenvalue weighted by Crippen LogP contribution is -2.22. The smallest absolute Gasteiger partial charge is 0.254 e. The van der Waals surface area contributed by atoms with Gasteiger partial charge in [-0.25, -0.2) is 4.98 Å². The Bertz CT molecular complexity index is 1040. The topological polar surface area (TPSA) is 75.0 Å². The van der Waals surface area contributed by atoms with E-state index in [9.17, 15) is 0 Å². The molecule has 0 aliphatic carbocycles. The van der Waals surface area contributed by atoms with Crippen molar-refractivity contribution >= 4 is 11.6 Å². The normalized spacial score (nSPS) is 11.2. The number of hydrogen-bond donors (Lipinski definition) is 1. The molecule has 3 heterocycles. The number of benzene rings is 1. The summed E-state index contributed by atoms with van der Waals surface area (Å²) < 4.78 is 1.79. The van der Waals surface area contributed by atoms with Gasteiger partial charge in [-0.05, 0) is 32.3 Å². The van der Waals surface area contributed by atoms with Crippen LogP contribution in [0.25, 0.3) is 17.0 Å². The number of hydrogen-bond acceptors (Lipinski definition) is 5. The molecule has 0 bridgehead atoms. The third kappa shape index (κ3) is 4.03. The summed E-state index contributed by atoms with van der Waals surface area (Å²) in [6, 6.07) is 14.5. The number of H-pyrrole nitrogens is 1. The van der Waals surface area contributed by atoms with E-state index in [0.29, 0.717) is 5.78 Å². The van der Waals surface area contributed by atoms with E-state index in [1.165, 1.54) is 5.69 Å². The molecule has 0 amide bonds. The second-order valence-corrected chi connectivity index (χ2v) is 7.10. The second-order valence-electron chi connectivity index (χ2n) is 7.10. The molecule has 4 aromatic rings. The van der Waals surface area contributed by atoms with Gasteiger partial charge in [-0.2, -0.15) is 19.7 Å². The van der Waals surface area contributed by atoms with Crippen molar-refractivity contribution < 1.29 is 0 Å². The molecule has 0 radical (unpaired) electrons. The van der Waals surface area contributed by atoms with Crippen LogP contribution in [0, 0.1) is 6.92 Å². The zero-order valence-corrected chi connectivity index (χ0v) is 16.3. The molecule has 3 aromatic heterocycles. The molecule has 7 heteroatoms. The van der Waals surface area contributed by atoms with Crippen LogP contribution in [-0.4, -0.2) is 43.4 Å². The highest BCUT2D eigenvalue weighted by atomic mass is 15.4. The van der Waals surface area contributed by atoms with Gasteiger partial charge in [0.05, 0.1) is 5.69 Å². The van der Waals surface area contributed by atoms with Crippen molar-refractivity contribution in [3.63, 3.8) is 0 Å². The van der Waals surface area contributed by atoms with Crippen LogP contribution >= 0.6 is 0 Å². The average Bonchev–Trinajstić information content (AvgIpc) is 3.37. The van der Waals surface area contributed by atoms with Gasteiger partial charge in [-0.3, -0.25) is 5.10 Å². The molecule has 4 rings (SSSR count). The maximum Gasteiger partial charge on any atom is 0.254 e. The van der Waals surface area contributed by atoms with Gasteiger partial charge in [0, 0.05) is 36.6 Å².